The lowest BCUT2D eigenvalue weighted by Crippen LogP contribution is -2.29. The van der Waals surface area contributed by atoms with Gasteiger partial charge >= 0.3 is 0 Å². The van der Waals surface area contributed by atoms with Gasteiger partial charge in [0, 0.05) is 0 Å². The molecule has 104 valence electrons. The largest absolute Gasteiger partial charge is 0.0654 e. The lowest BCUT2D eigenvalue weighted by molar-refractivity contribution is 0.118. The second-order valence-electron chi connectivity index (χ2n) is 7.29. The predicted molar refractivity (Wildman–Crippen MR) is 80.3 cm³/mol. The van der Waals surface area contributed by atoms with Gasteiger partial charge in [0.15, 0.2) is 0 Å². The monoisotopic (exact) mass is 240 g/mol. The van der Waals surface area contributed by atoms with Crippen molar-refractivity contribution in [1.82, 2.24) is 0 Å². The number of hydrogen-bond acceptors (Lipinski definition) is 0. The molecule has 0 N–H and O–H groups in total. The van der Waals surface area contributed by atoms with E-state index in [0.29, 0.717) is 5.41 Å². The van der Waals surface area contributed by atoms with Gasteiger partial charge in [0.05, 0.1) is 0 Å². The first-order valence-corrected chi connectivity index (χ1v) is 7.82. The van der Waals surface area contributed by atoms with E-state index in [1.807, 2.05) is 0 Å². The Labute approximate surface area is 111 Å². The number of rotatable bonds is 8. The van der Waals surface area contributed by atoms with Crippen LogP contribution >= 0.6 is 0 Å². The summed E-state index contributed by atoms with van der Waals surface area (Å²) in [5.74, 6) is 2.69. The molecule has 0 radical (unpaired) electrons. The smallest absolute Gasteiger partial charge is 0.0337 e. The molecule has 0 aromatic heterocycles. The zero-order chi connectivity index (χ0) is 13.5. The van der Waals surface area contributed by atoms with E-state index in [-0.39, 0.29) is 0 Å². The Morgan fingerprint density at radius 2 is 1.47 bits per heavy atom. The Morgan fingerprint density at radius 1 is 0.882 bits per heavy atom. The minimum Gasteiger partial charge on any atom is -0.0654 e. The fourth-order valence-corrected chi connectivity index (χ4v) is 3.26. The van der Waals surface area contributed by atoms with Crippen molar-refractivity contribution in [3.05, 3.63) is 0 Å². The molecule has 0 amide bonds. The lowest BCUT2D eigenvalue weighted by Gasteiger charge is -2.38. The van der Waals surface area contributed by atoms with Crippen molar-refractivity contribution in [3.8, 4) is 0 Å². The minimum absolute atomic E-state index is 0.476. The van der Waals surface area contributed by atoms with Gasteiger partial charge in [-0.05, 0) is 36.0 Å². The van der Waals surface area contributed by atoms with Gasteiger partial charge in [-0.3, -0.25) is 0 Å². The molecule has 0 aliphatic carbocycles. The summed E-state index contributed by atoms with van der Waals surface area (Å²) >= 11 is 0. The summed E-state index contributed by atoms with van der Waals surface area (Å²) in [6, 6.07) is 0. The Hall–Kier alpha value is 0. The van der Waals surface area contributed by atoms with E-state index in [2.05, 4.69) is 48.5 Å². The molecule has 0 rings (SSSR count). The van der Waals surface area contributed by atoms with Crippen molar-refractivity contribution < 1.29 is 0 Å². The maximum atomic E-state index is 2.44. The van der Waals surface area contributed by atoms with E-state index in [9.17, 15) is 0 Å². The van der Waals surface area contributed by atoms with Gasteiger partial charge in [0.1, 0.15) is 0 Å². The van der Waals surface area contributed by atoms with Crippen LogP contribution in [-0.2, 0) is 0 Å². The second kappa shape index (κ2) is 8.16. The van der Waals surface area contributed by atoms with Gasteiger partial charge in [0.2, 0.25) is 0 Å². The summed E-state index contributed by atoms with van der Waals surface area (Å²) in [7, 11) is 0. The van der Waals surface area contributed by atoms with Crippen molar-refractivity contribution in [3.63, 3.8) is 0 Å². The summed E-state index contributed by atoms with van der Waals surface area (Å²) in [6.45, 7) is 16.7. The molecule has 0 aliphatic rings. The summed E-state index contributed by atoms with van der Waals surface area (Å²) in [4.78, 5) is 0. The average molecular weight is 240 g/mol. The Kier molecular flexibility index (Phi) is 8.16. The molecular formula is C17H36. The van der Waals surface area contributed by atoms with Gasteiger partial charge in [-0.15, -0.1) is 0 Å². The Morgan fingerprint density at radius 3 is 1.82 bits per heavy atom. The van der Waals surface area contributed by atoms with E-state index in [0.717, 1.165) is 17.8 Å². The highest BCUT2D eigenvalue weighted by molar-refractivity contribution is 4.81. The molecule has 0 saturated heterocycles. The molecule has 0 bridgehead atoms. The van der Waals surface area contributed by atoms with Gasteiger partial charge < -0.3 is 0 Å². The Bertz CT molecular complexity index is 173. The quantitative estimate of drug-likeness (QED) is 0.467. The summed E-state index contributed by atoms with van der Waals surface area (Å²) in [5, 5.41) is 0. The van der Waals surface area contributed by atoms with Crippen molar-refractivity contribution >= 4 is 0 Å². The molecular weight excluding hydrogens is 204 g/mol. The minimum atomic E-state index is 0.476. The van der Waals surface area contributed by atoms with Crippen LogP contribution in [0.3, 0.4) is 0 Å². The summed E-state index contributed by atoms with van der Waals surface area (Å²) < 4.78 is 0. The third kappa shape index (κ3) is 7.11. The highest BCUT2D eigenvalue weighted by Crippen LogP contribution is 2.40. The van der Waals surface area contributed by atoms with E-state index in [4.69, 9.17) is 0 Å². The molecule has 0 heteroatoms. The van der Waals surface area contributed by atoms with Crippen LogP contribution in [0.15, 0.2) is 0 Å². The standard InChI is InChI=1S/C17H36/c1-8-10-12-16(17(5,6)7)15(11-9-2)13-14(3)4/h14-16H,8-13H2,1-7H3. The first kappa shape index (κ1) is 17.0. The molecule has 0 saturated carbocycles. The molecule has 17 heavy (non-hydrogen) atoms. The molecule has 2 unspecified atom stereocenters. The third-order valence-corrected chi connectivity index (χ3v) is 3.98. The van der Waals surface area contributed by atoms with E-state index in [1.165, 1.54) is 38.5 Å². The first-order chi connectivity index (χ1) is 7.82. The maximum absolute atomic E-state index is 2.44. The first-order valence-electron chi connectivity index (χ1n) is 7.82. The van der Waals surface area contributed by atoms with Gasteiger partial charge in [-0.1, -0.05) is 74.1 Å². The predicted octanol–water partition coefficient (Wildman–Crippen LogP) is 6.30. The fraction of sp³-hybridized carbons (Fsp3) is 1.00. The second-order valence-corrected chi connectivity index (χ2v) is 7.29. The van der Waals surface area contributed by atoms with E-state index >= 15 is 0 Å². The Balaban J connectivity index is 4.67. The van der Waals surface area contributed by atoms with Crippen LogP contribution < -0.4 is 0 Å². The van der Waals surface area contributed by atoms with Crippen molar-refractivity contribution in [1.29, 1.82) is 0 Å². The van der Waals surface area contributed by atoms with Crippen LogP contribution in [0.5, 0.6) is 0 Å². The average Bonchev–Trinajstić information content (AvgIpc) is 2.15. The zero-order valence-corrected chi connectivity index (χ0v) is 13.5. The number of unbranched alkanes of at least 4 members (excludes halogenated alkanes) is 1. The van der Waals surface area contributed by atoms with Crippen LogP contribution in [0, 0.1) is 23.2 Å². The van der Waals surface area contributed by atoms with Crippen molar-refractivity contribution in [2.45, 2.75) is 87.0 Å². The molecule has 0 aliphatic heterocycles. The van der Waals surface area contributed by atoms with Crippen LogP contribution in [-0.4, -0.2) is 0 Å². The van der Waals surface area contributed by atoms with Crippen LogP contribution in [0.1, 0.15) is 87.0 Å². The fourth-order valence-electron chi connectivity index (χ4n) is 3.26. The topological polar surface area (TPSA) is 0 Å². The van der Waals surface area contributed by atoms with Crippen LogP contribution in [0.2, 0.25) is 0 Å². The van der Waals surface area contributed by atoms with E-state index in [1.54, 1.807) is 0 Å². The molecule has 0 nitrogen and oxygen atoms in total. The van der Waals surface area contributed by atoms with Crippen LogP contribution in [0.4, 0.5) is 0 Å². The van der Waals surface area contributed by atoms with Crippen molar-refractivity contribution in [2.24, 2.45) is 23.2 Å². The van der Waals surface area contributed by atoms with Crippen LogP contribution in [0.25, 0.3) is 0 Å². The van der Waals surface area contributed by atoms with Gasteiger partial charge in [-0.2, -0.15) is 0 Å². The zero-order valence-electron chi connectivity index (χ0n) is 13.5. The summed E-state index contributed by atoms with van der Waals surface area (Å²) in [6.07, 6.45) is 8.35. The number of hydrogen-bond donors (Lipinski definition) is 0. The summed E-state index contributed by atoms with van der Waals surface area (Å²) in [5.41, 5.74) is 0.476. The molecule has 0 spiro atoms. The molecule has 0 aromatic rings. The molecule has 0 fully saturated rings. The highest BCUT2D eigenvalue weighted by Gasteiger charge is 2.31. The van der Waals surface area contributed by atoms with Gasteiger partial charge in [-0.25, -0.2) is 0 Å². The molecule has 0 heterocycles. The van der Waals surface area contributed by atoms with Gasteiger partial charge in [0.25, 0.3) is 0 Å². The highest BCUT2D eigenvalue weighted by atomic mass is 14.4. The lowest BCUT2D eigenvalue weighted by atomic mass is 9.67. The van der Waals surface area contributed by atoms with E-state index < -0.39 is 0 Å². The maximum Gasteiger partial charge on any atom is -0.0337 e. The molecule has 2 atom stereocenters. The van der Waals surface area contributed by atoms with Crippen molar-refractivity contribution in [2.75, 3.05) is 0 Å². The molecule has 0 aromatic carbocycles. The third-order valence-electron chi connectivity index (χ3n) is 3.98. The normalized spacial score (nSPS) is 16.2. The SMILES string of the molecule is CCCCC(C(CCC)CC(C)C)C(C)(C)C.